The third-order valence-electron chi connectivity index (χ3n) is 4.79. The summed E-state index contributed by atoms with van der Waals surface area (Å²) in [7, 11) is -3.39. The number of hydrogen-bond donors (Lipinski definition) is 2. The van der Waals surface area contributed by atoms with Crippen molar-refractivity contribution < 1.29 is 17.9 Å². The van der Waals surface area contributed by atoms with Gasteiger partial charge in [0.1, 0.15) is 18.5 Å². The zero-order chi connectivity index (χ0) is 15.9. The largest absolute Gasteiger partial charge is 0.486 e. The van der Waals surface area contributed by atoms with E-state index in [2.05, 4.69) is 10.0 Å². The second-order valence-electron chi connectivity index (χ2n) is 6.70. The third kappa shape index (κ3) is 3.46. The smallest absolute Gasteiger partial charge is 0.215 e. The van der Waals surface area contributed by atoms with Gasteiger partial charge in [0.15, 0.2) is 11.5 Å². The number of para-hydroxylation sites is 2. The molecule has 1 aromatic carbocycles. The van der Waals surface area contributed by atoms with Crippen LogP contribution in [0.1, 0.15) is 25.7 Å². The molecule has 3 aliphatic heterocycles. The highest BCUT2D eigenvalue weighted by atomic mass is 32.2. The minimum atomic E-state index is -3.39. The number of ether oxygens (including phenoxy) is 2. The van der Waals surface area contributed by atoms with Gasteiger partial charge in [-0.05, 0) is 37.8 Å². The molecule has 126 valence electrons. The molecule has 0 radical (unpaired) electrons. The van der Waals surface area contributed by atoms with Crippen LogP contribution in [0, 0.1) is 0 Å². The molecule has 7 heteroatoms. The summed E-state index contributed by atoms with van der Waals surface area (Å²) in [5.41, 5.74) is 0. The lowest BCUT2D eigenvalue weighted by Crippen LogP contribution is -2.50. The van der Waals surface area contributed by atoms with Crippen molar-refractivity contribution in [3.05, 3.63) is 24.3 Å². The second kappa shape index (κ2) is 5.96. The maximum absolute atomic E-state index is 12.4. The molecule has 1 aromatic rings. The maximum Gasteiger partial charge on any atom is 0.215 e. The van der Waals surface area contributed by atoms with Gasteiger partial charge in [0.25, 0.3) is 0 Å². The first-order valence-corrected chi connectivity index (χ1v) is 9.87. The predicted molar refractivity (Wildman–Crippen MR) is 86.2 cm³/mol. The Labute approximate surface area is 136 Å². The number of hydrogen-bond acceptors (Lipinski definition) is 5. The Bertz CT molecular complexity index is 666. The summed E-state index contributed by atoms with van der Waals surface area (Å²) < 4.78 is 39.1. The Kier molecular flexibility index (Phi) is 3.95. The number of benzene rings is 1. The Morgan fingerprint density at radius 3 is 2.57 bits per heavy atom. The van der Waals surface area contributed by atoms with Crippen molar-refractivity contribution in [2.75, 3.05) is 12.4 Å². The zero-order valence-electron chi connectivity index (χ0n) is 12.9. The molecule has 2 N–H and O–H groups in total. The first-order valence-electron chi connectivity index (χ1n) is 8.22. The van der Waals surface area contributed by atoms with E-state index in [4.69, 9.17) is 9.47 Å². The topological polar surface area (TPSA) is 76.7 Å². The molecule has 0 amide bonds. The number of fused-ring (bicyclic) bond motifs is 3. The molecule has 6 nitrogen and oxygen atoms in total. The number of nitrogens with one attached hydrogen (secondary N) is 2. The minimum Gasteiger partial charge on any atom is -0.486 e. The molecular weight excluding hydrogens is 316 g/mol. The lowest BCUT2D eigenvalue weighted by Gasteiger charge is -2.31. The van der Waals surface area contributed by atoms with Crippen molar-refractivity contribution in [3.8, 4) is 11.5 Å². The van der Waals surface area contributed by atoms with Crippen molar-refractivity contribution in [2.45, 2.75) is 49.9 Å². The molecule has 4 rings (SSSR count). The van der Waals surface area contributed by atoms with E-state index in [9.17, 15) is 8.42 Å². The monoisotopic (exact) mass is 338 g/mol. The second-order valence-corrected chi connectivity index (χ2v) is 8.50. The number of sulfonamides is 1. The molecular formula is C16H22N2O4S. The lowest BCUT2D eigenvalue weighted by molar-refractivity contribution is 0.106. The molecule has 2 unspecified atom stereocenters. The summed E-state index contributed by atoms with van der Waals surface area (Å²) in [6.07, 6.45) is 3.58. The summed E-state index contributed by atoms with van der Waals surface area (Å²) in [5.74, 6) is 1.21. The highest BCUT2D eigenvalue weighted by molar-refractivity contribution is 7.89. The molecule has 23 heavy (non-hydrogen) atoms. The average molecular weight is 338 g/mol. The van der Waals surface area contributed by atoms with E-state index in [1.807, 2.05) is 18.2 Å². The molecule has 0 aliphatic carbocycles. The van der Waals surface area contributed by atoms with Crippen LogP contribution >= 0.6 is 0 Å². The van der Waals surface area contributed by atoms with E-state index in [0.29, 0.717) is 23.6 Å². The van der Waals surface area contributed by atoms with Crippen LogP contribution in [0.15, 0.2) is 24.3 Å². The Morgan fingerprint density at radius 2 is 1.83 bits per heavy atom. The normalized spacial score (nSPS) is 32.7. The summed E-state index contributed by atoms with van der Waals surface area (Å²) in [4.78, 5) is 0. The van der Waals surface area contributed by atoms with Gasteiger partial charge >= 0.3 is 0 Å². The van der Waals surface area contributed by atoms with Gasteiger partial charge in [-0.2, -0.15) is 0 Å². The van der Waals surface area contributed by atoms with E-state index < -0.39 is 16.1 Å². The van der Waals surface area contributed by atoms with Gasteiger partial charge in [-0.15, -0.1) is 0 Å². The quantitative estimate of drug-likeness (QED) is 0.857. The summed E-state index contributed by atoms with van der Waals surface area (Å²) >= 11 is 0. The molecule has 3 aliphatic rings. The fourth-order valence-electron chi connectivity index (χ4n) is 3.85. The SMILES string of the molecule is O=S(=O)(CC1COc2ccccc2O1)NC1C[C@H]2CC[C@@H](C1)N2. The van der Waals surface area contributed by atoms with E-state index >= 15 is 0 Å². The molecule has 0 saturated carbocycles. The Morgan fingerprint density at radius 1 is 1.13 bits per heavy atom. The van der Waals surface area contributed by atoms with Gasteiger partial charge in [0, 0.05) is 18.1 Å². The standard InChI is InChI=1S/C16H22N2O4S/c19-23(20,18-13-7-11-5-6-12(8-13)17-11)10-14-9-21-15-3-1-2-4-16(15)22-14/h1-4,11-14,17-18H,5-10H2/t11-,12+,13?,14?. The van der Waals surface area contributed by atoms with Gasteiger partial charge in [0.05, 0.1) is 0 Å². The zero-order valence-corrected chi connectivity index (χ0v) is 13.7. The van der Waals surface area contributed by atoms with E-state index in [1.165, 1.54) is 0 Å². The lowest BCUT2D eigenvalue weighted by atomic mass is 10.0. The molecule has 0 aromatic heterocycles. The molecule has 3 heterocycles. The minimum absolute atomic E-state index is 0.0375. The van der Waals surface area contributed by atoms with Crippen LogP contribution in [0.4, 0.5) is 0 Å². The van der Waals surface area contributed by atoms with Crippen molar-refractivity contribution >= 4 is 10.0 Å². The summed E-state index contributed by atoms with van der Waals surface area (Å²) in [5, 5.41) is 3.52. The molecule has 2 bridgehead atoms. The molecule has 2 fully saturated rings. The van der Waals surface area contributed by atoms with E-state index in [1.54, 1.807) is 6.07 Å². The molecule has 0 spiro atoms. The van der Waals surface area contributed by atoms with Crippen molar-refractivity contribution in [2.24, 2.45) is 0 Å². The van der Waals surface area contributed by atoms with Crippen molar-refractivity contribution in [3.63, 3.8) is 0 Å². The van der Waals surface area contributed by atoms with Crippen LogP contribution in [0.2, 0.25) is 0 Å². The van der Waals surface area contributed by atoms with Crippen LogP contribution in [0.5, 0.6) is 11.5 Å². The molecule has 2 saturated heterocycles. The fourth-order valence-corrected chi connectivity index (χ4v) is 5.30. The number of piperidine rings is 1. The Hall–Kier alpha value is -1.31. The van der Waals surface area contributed by atoms with E-state index in [0.717, 1.165) is 25.7 Å². The van der Waals surface area contributed by atoms with Gasteiger partial charge < -0.3 is 14.8 Å². The van der Waals surface area contributed by atoms with Crippen molar-refractivity contribution in [1.29, 1.82) is 0 Å². The van der Waals surface area contributed by atoms with Crippen LogP contribution in [-0.2, 0) is 10.0 Å². The molecule has 4 atom stereocenters. The highest BCUT2D eigenvalue weighted by Gasteiger charge is 2.36. The predicted octanol–water partition coefficient (Wildman–Crippen LogP) is 1.03. The van der Waals surface area contributed by atoms with Crippen LogP contribution in [0.25, 0.3) is 0 Å². The maximum atomic E-state index is 12.4. The van der Waals surface area contributed by atoms with Crippen molar-refractivity contribution in [1.82, 2.24) is 10.0 Å². The third-order valence-corrected chi connectivity index (χ3v) is 6.30. The van der Waals surface area contributed by atoms with Gasteiger partial charge in [-0.3, -0.25) is 0 Å². The van der Waals surface area contributed by atoms with Crippen LogP contribution in [-0.4, -0.2) is 45.0 Å². The summed E-state index contributed by atoms with van der Waals surface area (Å²) in [6.45, 7) is 0.259. The van der Waals surface area contributed by atoms with Gasteiger partial charge in [0.2, 0.25) is 10.0 Å². The van der Waals surface area contributed by atoms with Crippen LogP contribution in [0.3, 0.4) is 0 Å². The fraction of sp³-hybridized carbons (Fsp3) is 0.625. The van der Waals surface area contributed by atoms with E-state index in [-0.39, 0.29) is 18.4 Å². The Balaban J connectivity index is 1.36. The van der Waals surface area contributed by atoms with Gasteiger partial charge in [-0.25, -0.2) is 13.1 Å². The number of rotatable bonds is 4. The average Bonchev–Trinajstić information content (AvgIpc) is 2.85. The first-order chi connectivity index (χ1) is 11.1. The van der Waals surface area contributed by atoms with Gasteiger partial charge in [-0.1, -0.05) is 12.1 Å². The van der Waals surface area contributed by atoms with Crippen LogP contribution < -0.4 is 19.5 Å². The summed E-state index contributed by atoms with van der Waals surface area (Å²) in [6, 6.07) is 8.30. The highest BCUT2D eigenvalue weighted by Crippen LogP contribution is 2.31. The first kappa shape index (κ1) is 15.2.